The fraction of sp³-hybridized carbons (Fsp3) is 0.364. The van der Waals surface area contributed by atoms with Crippen LogP contribution in [-0.4, -0.2) is 49.4 Å². The van der Waals surface area contributed by atoms with E-state index in [4.69, 9.17) is 4.74 Å². The van der Waals surface area contributed by atoms with Crippen molar-refractivity contribution in [2.45, 2.75) is 38.5 Å². The number of allylic oxidation sites excluding steroid dienone is 1. The maximum atomic E-state index is 14.4. The van der Waals surface area contributed by atoms with Gasteiger partial charge in [-0.05, 0) is 95.2 Å². The Morgan fingerprint density at radius 2 is 1.82 bits per heavy atom. The molecule has 1 fully saturated rings. The number of benzene rings is 3. The summed E-state index contributed by atoms with van der Waals surface area (Å²) in [6.45, 7) is 2.47. The maximum absolute atomic E-state index is 14.4. The second kappa shape index (κ2) is 12.3. The molecule has 40 heavy (non-hydrogen) atoms. The van der Waals surface area contributed by atoms with Gasteiger partial charge in [-0.2, -0.15) is 0 Å². The Kier molecular flexibility index (Phi) is 8.60. The molecule has 0 unspecified atom stereocenters. The monoisotopic (exact) mass is 549 g/mol. The smallest absolute Gasteiger partial charge is 0.335 e. The number of rotatable bonds is 10. The molecule has 3 aromatic carbocycles. The molecule has 1 saturated heterocycles. The van der Waals surface area contributed by atoms with Gasteiger partial charge >= 0.3 is 5.97 Å². The summed E-state index contributed by atoms with van der Waals surface area (Å²) in [5.74, 6) is -0.297. The first kappa shape index (κ1) is 28.0. The Hall–Kier alpha value is -3.58. The molecule has 3 aromatic rings. The average Bonchev–Trinajstić information content (AvgIpc) is 3.13. The van der Waals surface area contributed by atoms with Crippen LogP contribution < -0.4 is 4.74 Å². The molecule has 0 spiro atoms. The zero-order valence-corrected chi connectivity index (χ0v) is 22.6. The van der Waals surface area contributed by atoms with Crippen LogP contribution in [0.25, 0.3) is 11.1 Å². The fourth-order valence-corrected chi connectivity index (χ4v) is 6.14. The number of aryl methyl sites for hydroxylation is 1. The van der Waals surface area contributed by atoms with E-state index in [0.717, 1.165) is 53.9 Å². The van der Waals surface area contributed by atoms with Gasteiger partial charge in [0.25, 0.3) is 6.43 Å². The lowest BCUT2D eigenvalue weighted by atomic mass is 9.85. The summed E-state index contributed by atoms with van der Waals surface area (Å²) < 4.78 is 46.6. The van der Waals surface area contributed by atoms with Crippen molar-refractivity contribution in [1.82, 2.24) is 4.90 Å². The van der Waals surface area contributed by atoms with Crippen molar-refractivity contribution in [2.75, 3.05) is 33.4 Å². The van der Waals surface area contributed by atoms with E-state index in [9.17, 15) is 23.1 Å². The topological polar surface area (TPSA) is 49.8 Å². The number of hydrogen-bond acceptors (Lipinski definition) is 3. The molecular formula is C33H34F3NO3. The van der Waals surface area contributed by atoms with Crippen molar-refractivity contribution in [2.24, 2.45) is 5.92 Å². The van der Waals surface area contributed by atoms with Gasteiger partial charge in [0, 0.05) is 19.6 Å². The molecule has 2 aliphatic rings. The van der Waals surface area contributed by atoms with Gasteiger partial charge in [-0.25, -0.2) is 13.6 Å². The number of aromatic carboxylic acids is 1. The third-order valence-corrected chi connectivity index (χ3v) is 8.03. The molecule has 1 aliphatic carbocycles. The summed E-state index contributed by atoms with van der Waals surface area (Å²) >= 11 is 0. The van der Waals surface area contributed by atoms with Crippen molar-refractivity contribution < 1.29 is 27.8 Å². The number of halogens is 3. The van der Waals surface area contributed by atoms with Gasteiger partial charge in [0.15, 0.2) is 0 Å². The van der Waals surface area contributed by atoms with E-state index >= 15 is 0 Å². The Balaban J connectivity index is 1.57. The van der Waals surface area contributed by atoms with Crippen LogP contribution in [0.2, 0.25) is 0 Å². The van der Waals surface area contributed by atoms with Gasteiger partial charge in [-0.1, -0.05) is 42.5 Å². The number of carboxylic acids is 1. The van der Waals surface area contributed by atoms with Crippen LogP contribution in [0, 0.1) is 5.92 Å². The van der Waals surface area contributed by atoms with Gasteiger partial charge in [-0.15, -0.1) is 0 Å². The molecule has 0 bridgehead atoms. The van der Waals surface area contributed by atoms with Crippen LogP contribution in [0.1, 0.15) is 69.4 Å². The number of fused-ring (bicyclic) bond motifs is 1. The third kappa shape index (κ3) is 5.80. The van der Waals surface area contributed by atoms with Crippen LogP contribution in [0.3, 0.4) is 0 Å². The highest BCUT2D eigenvalue weighted by atomic mass is 19.3. The average molecular weight is 550 g/mol. The number of carboxylic acid groups (broad SMARTS) is 1. The van der Waals surface area contributed by atoms with E-state index in [2.05, 4.69) is 17.0 Å². The van der Waals surface area contributed by atoms with E-state index in [1.54, 1.807) is 30.3 Å². The van der Waals surface area contributed by atoms with Gasteiger partial charge in [0.05, 0.1) is 24.9 Å². The third-order valence-electron chi connectivity index (χ3n) is 8.03. The van der Waals surface area contributed by atoms with Crippen LogP contribution >= 0.6 is 0 Å². The summed E-state index contributed by atoms with van der Waals surface area (Å²) in [5, 5.41) is 9.58. The van der Waals surface area contributed by atoms with E-state index in [-0.39, 0.29) is 23.6 Å². The first-order valence-corrected chi connectivity index (χ1v) is 13.8. The molecule has 1 N–H and O–H groups in total. The van der Waals surface area contributed by atoms with Crippen molar-refractivity contribution in [1.29, 1.82) is 0 Å². The highest BCUT2D eigenvalue weighted by Gasteiger charge is 2.28. The zero-order valence-electron chi connectivity index (χ0n) is 22.6. The van der Waals surface area contributed by atoms with Crippen LogP contribution in [0.15, 0.2) is 60.7 Å². The largest absolute Gasteiger partial charge is 0.496 e. The first-order chi connectivity index (χ1) is 19.4. The lowest BCUT2D eigenvalue weighted by Gasteiger charge is -2.39. The quantitative estimate of drug-likeness (QED) is 0.285. The molecule has 1 aliphatic heterocycles. The predicted octanol–water partition coefficient (Wildman–Crippen LogP) is 7.46. The molecule has 0 radical (unpaired) electrons. The molecule has 0 saturated carbocycles. The molecule has 0 amide bonds. The number of likely N-dealkylation sites (tertiary alicyclic amines) is 1. The van der Waals surface area contributed by atoms with Crippen molar-refractivity contribution >= 4 is 17.1 Å². The normalized spacial score (nSPS) is 16.0. The maximum Gasteiger partial charge on any atom is 0.335 e. The summed E-state index contributed by atoms with van der Waals surface area (Å²) in [5.41, 5.74) is 6.10. The number of methoxy groups -OCH3 is 1. The standard InChI is InChI=1S/C33H34F3NO3/c1-40-29-8-3-7-28(31(29)32(35)36)27-6-2-5-24-18-25(33(38)39)13-14-26(24)30(27)23-11-9-21(10-12-23)17-22-19-37(20-22)16-4-15-34/h3,7-14,18,22,32H,2,4-6,15-17,19-20H2,1H3,(H,38,39). The summed E-state index contributed by atoms with van der Waals surface area (Å²) in [4.78, 5) is 14.0. The minimum absolute atomic E-state index is 0.123. The van der Waals surface area contributed by atoms with Crippen LogP contribution in [0.4, 0.5) is 13.2 Å². The molecule has 7 heteroatoms. The van der Waals surface area contributed by atoms with Crippen molar-refractivity contribution in [3.63, 3.8) is 0 Å². The molecule has 4 nitrogen and oxygen atoms in total. The second-order valence-electron chi connectivity index (χ2n) is 10.7. The lowest BCUT2D eigenvalue weighted by molar-refractivity contribution is 0.0696. The summed E-state index contributed by atoms with van der Waals surface area (Å²) in [6, 6.07) is 18.4. The van der Waals surface area contributed by atoms with Crippen LogP contribution in [0.5, 0.6) is 5.75 Å². The Morgan fingerprint density at radius 1 is 1.05 bits per heavy atom. The molecular weight excluding hydrogens is 515 g/mol. The summed E-state index contributed by atoms with van der Waals surface area (Å²) in [7, 11) is 1.40. The highest BCUT2D eigenvalue weighted by molar-refractivity contribution is 6.01. The van der Waals surface area contributed by atoms with E-state index < -0.39 is 12.4 Å². The minimum Gasteiger partial charge on any atom is -0.496 e. The highest BCUT2D eigenvalue weighted by Crippen LogP contribution is 2.44. The molecule has 0 atom stereocenters. The zero-order chi connectivity index (χ0) is 28.2. The molecule has 1 heterocycles. The Bertz CT molecular complexity index is 1390. The number of alkyl halides is 3. The molecule has 5 rings (SSSR count). The minimum atomic E-state index is -2.72. The van der Waals surface area contributed by atoms with Gasteiger partial charge in [0.1, 0.15) is 5.75 Å². The fourth-order valence-electron chi connectivity index (χ4n) is 6.14. The Morgan fingerprint density at radius 3 is 2.50 bits per heavy atom. The lowest BCUT2D eigenvalue weighted by Crippen LogP contribution is -2.47. The summed E-state index contributed by atoms with van der Waals surface area (Å²) in [6.07, 6.45) is 0.713. The van der Waals surface area contributed by atoms with E-state index in [1.807, 2.05) is 18.2 Å². The first-order valence-electron chi connectivity index (χ1n) is 13.8. The predicted molar refractivity (Wildman–Crippen MR) is 151 cm³/mol. The van der Waals surface area contributed by atoms with Gasteiger partial charge in [0.2, 0.25) is 0 Å². The number of hydrogen-bond donors (Lipinski definition) is 1. The van der Waals surface area contributed by atoms with E-state index in [0.29, 0.717) is 37.2 Å². The second-order valence-corrected chi connectivity index (χ2v) is 10.7. The van der Waals surface area contributed by atoms with Gasteiger partial charge < -0.3 is 14.7 Å². The Labute approximate surface area is 233 Å². The van der Waals surface area contributed by atoms with E-state index in [1.165, 1.54) is 12.7 Å². The van der Waals surface area contributed by atoms with Gasteiger partial charge in [-0.3, -0.25) is 4.39 Å². The van der Waals surface area contributed by atoms with Crippen molar-refractivity contribution in [3.05, 3.63) is 99.6 Å². The number of carbonyl (C=O) groups is 1. The number of ether oxygens (including phenoxy) is 1. The number of nitrogens with zero attached hydrogens (tertiary/aromatic N) is 1. The van der Waals surface area contributed by atoms with Crippen molar-refractivity contribution in [3.8, 4) is 5.75 Å². The SMILES string of the molecule is COc1cccc(C2=C(c3ccc(CC4CN(CCCF)C4)cc3)c3ccc(C(=O)O)cc3CCC2)c1C(F)F. The van der Waals surface area contributed by atoms with Crippen LogP contribution in [-0.2, 0) is 12.8 Å². The molecule has 0 aromatic heterocycles. The molecule has 210 valence electrons.